The van der Waals surface area contributed by atoms with E-state index in [1.165, 1.54) is 0 Å². The third kappa shape index (κ3) is 2.37. The van der Waals surface area contributed by atoms with Gasteiger partial charge in [0.25, 0.3) is 0 Å². The smallest absolute Gasteiger partial charge is 0.316 e. The zero-order chi connectivity index (χ0) is 14.4. The molecule has 19 heavy (non-hydrogen) atoms. The largest absolute Gasteiger partial charge is 0.456 e. The van der Waals surface area contributed by atoms with Gasteiger partial charge in [-0.1, -0.05) is 29.3 Å². The molecule has 0 radical (unpaired) electrons. The molecule has 1 heterocycles. The zero-order valence-corrected chi connectivity index (χ0v) is 12.4. The quantitative estimate of drug-likeness (QED) is 0.585. The fourth-order valence-corrected chi connectivity index (χ4v) is 2.83. The van der Waals surface area contributed by atoms with E-state index in [4.69, 9.17) is 27.9 Å². The minimum atomic E-state index is -0.815. The molecule has 0 amide bonds. The van der Waals surface area contributed by atoms with Crippen LogP contribution in [0.25, 0.3) is 0 Å². The van der Waals surface area contributed by atoms with E-state index in [-0.39, 0.29) is 5.78 Å². The Morgan fingerprint density at radius 3 is 2.42 bits per heavy atom. The third-order valence-corrected chi connectivity index (χ3v) is 4.08. The van der Waals surface area contributed by atoms with E-state index in [2.05, 4.69) is 0 Å². The summed E-state index contributed by atoms with van der Waals surface area (Å²) in [6.07, 6.45) is -0.687. The molecule has 1 aliphatic rings. The predicted molar refractivity (Wildman–Crippen MR) is 73.2 cm³/mol. The van der Waals surface area contributed by atoms with Crippen molar-refractivity contribution in [3.05, 3.63) is 33.8 Å². The van der Waals surface area contributed by atoms with Crippen LogP contribution in [0.3, 0.4) is 0 Å². The Labute approximate surface area is 121 Å². The monoisotopic (exact) mass is 300 g/mol. The highest BCUT2D eigenvalue weighted by atomic mass is 35.5. The molecule has 1 saturated heterocycles. The van der Waals surface area contributed by atoms with Gasteiger partial charge in [-0.25, -0.2) is 0 Å². The molecule has 2 atom stereocenters. The fourth-order valence-electron chi connectivity index (χ4n) is 2.33. The van der Waals surface area contributed by atoms with Crippen molar-refractivity contribution >= 4 is 35.0 Å². The van der Waals surface area contributed by atoms with Gasteiger partial charge in [0.15, 0.2) is 5.78 Å². The van der Waals surface area contributed by atoms with Crippen molar-refractivity contribution in [3.63, 3.8) is 0 Å². The Morgan fingerprint density at radius 1 is 1.21 bits per heavy atom. The molecule has 1 aromatic rings. The van der Waals surface area contributed by atoms with Gasteiger partial charge in [-0.15, -0.1) is 0 Å². The number of halogens is 2. The summed E-state index contributed by atoms with van der Waals surface area (Å²) in [4.78, 5) is 24.0. The second kappa shape index (κ2) is 4.80. The number of carbonyl (C=O) groups is 2. The van der Waals surface area contributed by atoms with E-state index in [0.29, 0.717) is 15.6 Å². The van der Waals surface area contributed by atoms with Gasteiger partial charge < -0.3 is 4.74 Å². The van der Waals surface area contributed by atoms with Crippen LogP contribution < -0.4 is 0 Å². The Kier molecular flexibility index (Phi) is 3.63. The van der Waals surface area contributed by atoms with Gasteiger partial charge in [0.2, 0.25) is 0 Å². The zero-order valence-electron chi connectivity index (χ0n) is 10.9. The number of hydrogen-bond donors (Lipinski definition) is 0. The number of esters is 1. The van der Waals surface area contributed by atoms with Crippen LogP contribution in [0, 0.1) is 11.3 Å². The average molecular weight is 301 g/mol. The number of ketones is 1. The van der Waals surface area contributed by atoms with Gasteiger partial charge in [-0.05, 0) is 32.9 Å². The summed E-state index contributed by atoms with van der Waals surface area (Å²) in [6.45, 7) is 5.08. The number of carbonyl (C=O) groups excluding carboxylic acids is 2. The lowest BCUT2D eigenvalue weighted by Crippen LogP contribution is -2.46. The van der Waals surface area contributed by atoms with Crippen molar-refractivity contribution in [2.24, 2.45) is 11.3 Å². The first-order valence-electron chi connectivity index (χ1n) is 5.95. The van der Waals surface area contributed by atoms with Crippen molar-refractivity contribution in [2.75, 3.05) is 0 Å². The number of benzene rings is 1. The standard InChI is InChI=1S/C14H14Cl2O3/c1-7-11(17)14(2,3)12(19-13(7)18)9-5-4-8(15)6-10(9)16/h4-7,12H,1-3H3/t7-,12-/m0/s1. The summed E-state index contributed by atoms with van der Waals surface area (Å²) in [6, 6.07) is 4.92. The van der Waals surface area contributed by atoms with Crippen LogP contribution >= 0.6 is 23.2 Å². The molecule has 102 valence electrons. The molecule has 1 fully saturated rings. The SMILES string of the molecule is C[C@@H]1C(=O)O[C@@H](c2ccc(Cl)cc2Cl)C(C)(C)C1=O. The first-order valence-corrected chi connectivity index (χ1v) is 6.70. The summed E-state index contributed by atoms with van der Waals surface area (Å²) in [5.74, 6) is -1.39. The summed E-state index contributed by atoms with van der Waals surface area (Å²) < 4.78 is 5.40. The van der Waals surface area contributed by atoms with Crippen LogP contribution in [0.5, 0.6) is 0 Å². The molecular weight excluding hydrogens is 287 g/mol. The highest BCUT2D eigenvalue weighted by Crippen LogP contribution is 2.45. The van der Waals surface area contributed by atoms with Crippen molar-refractivity contribution in [3.8, 4) is 0 Å². The first kappa shape index (κ1) is 14.4. The molecular formula is C14H14Cl2O3. The lowest BCUT2D eigenvalue weighted by atomic mass is 9.73. The molecule has 1 aliphatic heterocycles. The second-order valence-electron chi connectivity index (χ2n) is 5.29. The van der Waals surface area contributed by atoms with Crippen LogP contribution in [-0.4, -0.2) is 11.8 Å². The van der Waals surface area contributed by atoms with E-state index < -0.39 is 23.4 Å². The van der Waals surface area contributed by atoms with Crippen LogP contribution in [-0.2, 0) is 14.3 Å². The van der Waals surface area contributed by atoms with Crippen molar-refractivity contribution < 1.29 is 14.3 Å². The molecule has 0 unspecified atom stereocenters. The molecule has 0 N–H and O–H groups in total. The van der Waals surface area contributed by atoms with E-state index in [1.54, 1.807) is 39.0 Å². The molecule has 1 aromatic carbocycles. The topological polar surface area (TPSA) is 43.4 Å². The molecule has 3 nitrogen and oxygen atoms in total. The van der Waals surface area contributed by atoms with Gasteiger partial charge in [0, 0.05) is 15.6 Å². The van der Waals surface area contributed by atoms with Crippen LogP contribution in [0.15, 0.2) is 18.2 Å². The van der Waals surface area contributed by atoms with E-state index in [1.807, 2.05) is 0 Å². The highest BCUT2D eigenvalue weighted by Gasteiger charge is 2.49. The minimum Gasteiger partial charge on any atom is -0.456 e. The maximum Gasteiger partial charge on any atom is 0.316 e. The maximum absolute atomic E-state index is 12.2. The Morgan fingerprint density at radius 2 is 1.84 bits per heavy atom. The van der Waals surface area contributed by atoms with E-state index in [9.17, 15) is 9.59 Å². The molecule has 5 heteroatoms. The number of Topliss-reactive ketones (excluding diaryl/α,β-unsaturated/α-hetero) is 1. The van der Waals surface area contributed by atoms with Gasteiger partial charge in [0.05, 0.1) is 5.41 Å². The number of ether oxygens (including phenoxy) is 1. The number of hydrogen-bond acceptors (Lipinski definition) is 3. The Bertz CT molecular complexity index is 552. The lowest BCUT2D eigenvalue weighted by molar-refractivity contribution is -0.177. The van der Waals surface area contributed by atoms with Crippen molar-refractivity contribution in [1.82, 2.24) is 0 Å². The summed E-state index contributed by atoms with van der Waals surface area (Å²) in [5.41, 5.74) is -0.213. The van der Waals surface area contributed by atoms with Crippen LogP contribution in [0.2, 0.25) is 10.0 Å². The highest BCUT2D eigenvalue weighted by molar-refractivity contribution is 6.35. The van der Waals surface area contributed by atoms with Crippen molar-refractivity contribution in [1.29, 1.82) is 0 Å². The predicted octanol–water partition coefficient (Wildman–Crippen LogP) is 3.82. The first-order chi connectivity index (χ1) is 8.75. The minimum absolute atomic E-state index is 0.139. The van der Waals surface area contributed by atoms with Crippen LogP contribution in [0.4, 0.5) is 0 Å². The normalized spacial score (nSPS) is 26.2. The lowest BCUT2D eigenvalue weighted by Gasteiger charge is -2.39. The van der Waals surface area contributed by atoms with Gasteiger partial charge in [-0.2, -0.15) is 0 Å². The number of cyclic esters (lactones) is 1. The summed E-state index contributed by atoms with van der Waals surface area (Å²) in [7, 11) is 0. The van der Waals surface area contributed by atoms with Crippen molar-refractivity contribution in [2.45, 2.75) is 26.9 Å². The Hall–Kier alpha value is -1.06. The maximum atomic E-state index is 12.2. The molecule has 0 spiro atoms. The summed E-state index contributed by atoms with van der Waals surface area (Å²) >= 11 is 12.0. The van der Waals surface area contributed by atoms with Gasteiger partial charge >= 0.3 is 5.97 Å². The van der Waals surface area contributed by atoms with E-state index >= 15 is 0 Å². The Balaban J connectivity index is 2.48. The molecule has 2 rings (SSSR count). The van der Waals surface area contributed by atoms with Gasteiger partial charge in [-0.3, -0.25) is 9.59 Å². The summed E-state index contributed by atoms with van der Waals surface area (Å²) in [5, 5.41) is 0.883. The number of rotatable bonds is 1. The second-order valence-corrected chi connectivity index (χ2v) is 6.13. The van der Waals surface area contributed by atoms with Gasteiger partial charge in [0.1, 0.15) is 12.0 Å². The van der Waals surface area contributed by atoms with E-state index in [0.717, 1.165) is 0 Å². The molecule has 0 saturated carbocycles. The van der Waals surface area contributed by atoms with Crippen LogP contribution in [0.1, 0.15) is 32.4 Å². The molecule has 0 aromatic heterocycles. The molecule has 0 bridgehead atoms. The third-order valence-electron chi connectivity index (χ3n) is 3.52. The fraction of sp³-hybridized carbons (Fsp3) is 0.429. The molecule has 0 aliphatic carbocycles. The average Bonchev–Trinajstić information content (AvgIpc) is 2.33.